The number of amidine groups is 1. The lowest BCUT2D eigenvalue weighted by Gasteiger charge is -2.27. The monoisotopic (exact) mass is 232 g/mol. The van der Waals surface area contributed by atoms with Gasteiger partial charge in [-0.3, -0.25) is 5.41 Å². The fourth-order valence-corrected chi connectivity index (χ4v) is 2.39. The number of nitrogen functional groups attached to an aromatic ring is 1. The third kappa shape index (κ3) is 3.22. The highest BCUT2D eigenvalue weighted by molar-refractivity contribution is 5.94. The van der Waals surface area contributed by atoms with Crippen molar-refractivity contribution >= 4 is 5.84 Å². The lowest BCUT2D eigenvalue weighted by atomic mass is 9.89. The van der Waals surface area contributed by atoms with E-state index in [1.54, 1.807) is 0 Å². The SMILES string of the molecule is CC1CCCC(Oc2ccc(C(=N)N)cc2)C1. The van der Waals surface area contributed by atoms with Gasteiger partial charge in [-0.15, -0.1) is 0 Å². The first kappa shape index (κ1) is 12.0. The summed E-state index contributed by atoms with van der Waals surface area (Å²) in [6.07, 6.45) is 5.23. The third-order valence-electron chi connectivity index (χ3n) is 3.36. The summed E-state index contributed by atoms with van der Waals surface area (Å²) >= 11 is 0. The summed E-state index contributed by atoms with van der Waals surface area (Å²) in [5.74, 6) is 1.75. The Balaban J connectivity index is 1.96. The molecular formula is C14H20N2O. The molecule has 1 aromatic rings. The summed E-state index contributed by atoms with van der Waals surface area (Å²) in [6.45, 7) is 2.29. The molecule has 0 saturated heterocycles. The first-order chi connectivity index (χ1) is 8.15. The summed E-state index contributed by atoms with van der Waals surface area (Å²) < 4.78 is 5.95. The van der Waals surface area contributed by atoms with Crippen LogP contribution in [0, 0.1) is 11.3 Å². The van der Waals surface area contributed by atoms with E-state index in [1.165, 1.54) is 12.8 Å². The van der Waals surface area contributed by atoms with Gasteiger partial charge in [0.25, 0.3) is 0 Å². The molecule has 3 nitrogen and oxygen atoms in total. The standard InChI is InChI=1S/C14H20N2O/c1-10-3-2-4-13(9-10)17-12-7-5-11(6-8-12)14(15)16/h5-8,10,13H,2-4,9H2,1H3,(H3,15,16). The van der Waals surface area contributed by atoms with E-state index in [1.807, 2.05) is 24.3 Å². The smallest absolute Gasteiger partial charge is 0.122 e. The van der Waals surface area contributed by atoms with Crippen LogP contribution in [0.5, 0.6) is 5.75 Å². The van der Waals surface area contributed by atoms with Gasteiger partial charge in [-0.1, -0.05) is 13.3 Å². The Morgan fingerprint density at radius 2 is 2.00 bits per heavy atom. The number of nitrogens with two attached hydrogens (primary N) is 1. The maximum atomic E-state index is 7.32. The van der Waals surface area contributed by atoms with Crippen LogP contribution in [-0.2, 0) is 0 Å². The van der Waals surface area contributed by atoms with E-state index in [-0.39, 0.29) is 5.84 Å². The fourth-order valence-electron chi connectivity index (χ4n) is 2.39. The highest BCUT2D eigenvalue weighted by Gasteiger charge is 2.20. The summed E-state index contributed by atoms with van der Waals surface area (Å²) in [4.78, 5) is 0. The Morgan fingerprint density at radius 3 is 2.59 bits per heavy atom. The van der Waals surface area contributed by atoms with Crippen LogP contribution >= 0.6 is 0 Å². The van der Waals surface area contributed by atoms with E-state index in [0.717, 1.165) is 30.1 Å². The van der Waals surface area contributed by atoms with Crippen molar-refractivity contribution in [2.24, 2.45) is 11.7 Å². The molecule has 0 radical (unpaired) electrons. The second-order valence-corrected chi connectivity index (χ2v) is 4.95. The second-order valence-electron chi connectivity index (χ2n) is 4.95. The van der Waals surface area contributed by atoms with Gasteiger partial charge in [-0.2, -0.15) is 0 Å². The lowest BCUT2D eigenvalue weighted by molar-refractivity contribution is 0.129. The summed E-state index contributed by atoms with van der Waals surface area (Å²) in [7, 11) is 0. The zero-order chi connectivity index (χ0) is 12.3. The summed E-state index contributed by atoms with van der Waals surface area (Å²) in [5, 5.41) is 7.32. The van der Waals surface area contributed by atoms with E-state index in [0.29, 0.717) is 6.10 Å². The Bertz CT molecular complexity index is 386. The van der Waals surface area contributed by atoms with E-state index < -0.39 is 0 Å². The van der Waals surface area contributed by atoms with Crippen LogP contribution in [0.15, 0.2) is 24.3 Å². The molecule has 2 atom stereocenters. The van der Waals surface area contributed by atoms with E-state index in [9.17, 15) is 0 Å². The van der Waals surface area contributed by atoms with Gasteiger partial charge < -0.3 is 10.5 Å². The molecule has 0 aliphatic heterocycles. The number of benzene rings is 1. The van der Waals surface area contributed by atoms with Gasteiger partial charge in [-0.25, -0.2) is 0 Å². The molecule has 1 fully saturated rings. The van der Waals surface area contributed by atoms with Crippen molar-refractivity contribution in [2.45, 2.75) is 38.7 Å². The Kier molecular flexibility index (Phi) is 3.67. The van der Waals surface area contributed by atoms with Crippen LogP contribution in [0.3, 0.4) is 0 Å². The van der Waals surface area contributed by atoms with Crippen LogP contribution in [-0.4, -0.2) is 11.9 Å². The Labute approximate surface area is 102 Å². The largest absolute Gasteiger partial charge is 0.490 e. The van der Waals surface area contributed by atoms with Crippen molar-refractivity contribution in [1.29, 1.82) is 5.41 Å². The van der Waals surface area contributed by atoms with Crippen molar-refractivity contribution in [3.05, 3.63) is 29.8 Å². The van der Waals surface area contributed by atoms with Gasteiger partial charge >= 0.3 is 0 Å². The first-order valence-corrected chi connectivity index (χ1v) is 6.26. The molecule has 2 unspecified atom stereocenters. The molecule has 2 rings (SSSR count). The maximum Gasteiger partial charge on any atom is 0.122 e. The van der Waals surface area contributed by atoms with Gasteiger partial charge in [0.2, 0.25) is 0 Å². The molecular weight excluding hydrogens is 212 g/mol. The van der Waals surface area contributed by atoms with Crippen molar-refractivity contribution in [2.75, 3.05) is 0 Å². The second kappa shape index (κ2) is 5.21. The van der Waals surface area contributed by atoms with Crippen LogP contribution in [0.25, 0.3) is 0 Å². The highest BCUT2D eigenvalue weighted by Crippen LogP contribution is 2.27. The van der Waals surface area contributed by atoms with Gasteiger partial charge in [0.05, 0.1) is 6.10 Å². The molecule has 1 saturated carbocycles. The zero-order valence-electron chi connectivity index (χ0n) is 10.3. The van der Waals surface area contributed by atoms with Crippen molar-refractivity contribution in [1.82, 2.24) is 0 Å². The molecule has 1 aliphatic rings. The van der Waals surface area contributed by atoms with E-state index in [2.05, 4.69) is 6.92 Å². The number of rotatable bonds is 3. The molecule has 3 heteroatoms. The number of hydrogen-bond donors (Lipinski definition) is 2. The lowest BCUT2D eigenvalue weighted by Crippen LogP contribution is -2.24. The molecule has 17 heavy (non-hydrogen) atoms. The molecule has 1 aliphatic carbocycles. The first-order valence-electron chi connectivity index (χ1n) is 6.26. The minimum Gasteiger partial charge on any atom is -0.490 e. The minimum absolute atomic E-state index is 0.0999. The van der Waals surface area contributed by atoms with Gasteiger partial charge in [0.15, 0.2) is 0 Å². The Morgan fingerprint density at radius 1 is 1.29 bits per heavy atom. The number of nitrogens with one attached hydrogen (secondary N) is 1. The minimum atomic E-state index is 0.0999. The maximum absolute atomic E-state index is 7.32. The van der Waals surface area contributed by atoms with Crippen LogP contribution in [0.4, 0.5) is 0 Å². The third-order valence-corrected chi connectivity index (χ3v) is 3.36. The quantitative estimate of drug-likeness (QED) is 0.622. The van der Waals surface area contributed by atoms with Crippen LogP contribution < -0.4 is 10.5 Å². The van der Waals surface area contributed by atoms with Crippen LogP contribution in [0.2, 0.25) is 0 Å². The Hall–Kier alpha value is -1.51. The van der Waals surface area contributed by atoms with Crippen LogP contribution in [0.1, 0.15) is 38.2 Å². The zero-order valence-corrected chi connectivity index (χ0v) is 10.3. The molecule has 3 N–H and O–H groups in total. The summed E-state index contributed by atoms with van der Waals surface area (Å²) in [5.41, 5.74) is 6.15. The average molecular weight is 232 g/mol. The fraction of sp³-hybridized carbons (Fsp3) is 0.500. The van der Waals surface area contributed by atoms with E-state index in [4.69, 9.17) is 15.9 Å². The van der Waals surface area contributed by atoms with Gasteiger partial charge in [0.1, 0.15) is 11.6 Å². The van der Waals surface area contributed by atoms with Gasteiger partial charge in [-0.05, 0) is 49.4 Å². The number of ether oxygens (including phenoxy) is 1. The topological polar surface area (TPSA) is 59.1 Å². The number of hydrogen-bond acceptors (Lipinski definition) is 2. The predicted octanol–water partition coefficient (Wildman–Crippen LogP) is 2.93. The highest BCUT2D eigenvalue weighted by atomic mass is 16.5. The molecule has 0 heterocycles. The molecule has 0 spiro atoms. The van der Waals surface area contributed by atoms with Gasteiger partial charge in [0, 0.05) is 5.56 Å². The van der Waals surface area contributed by atoms with Crippen molar-refractivity contribution in [3.8, 4) is 5.75 Å². The van der Waals surface area contributed by atoms with Crippen molar-refractivity contribution in [3.63, 3.8) is 0 Å². The summed E-state index contributed by atoms with van der Waals surface area (Å²) in [6, 6.07) is 7.47. The van der Waals surface area contributed by atoms with Crippen molar-refractivity contribution < 1.29 is 4.74 Å². The van der Waals surface area contributed by atoms with E-state index >= 15 is 0 Å². The molecule has 1 aromatic carbocycles. The molecule has 92 valence electrons. The average Bonchev–Trinajstić information content (AvgIpc) is 2.29. The molecule has 0 aromatic heterocycles. The molecule has 0 amide bonds. The normalized spacial score (nSPS) is 24.3. The predicted molar refractivity (Wildman–Crippen MR) is 69.5 cm³/mol. The molecule has 0 bridgehead atoms.